The van der Waals surface area contributed by atoms with E-state index < -0.39 is 21.6 Å². The molecule has 1 aromatic carbocycles. The Morgan fingerprint density at radius 3 is 2.21 bits per heavy atom. The maximum absolute atomic E-state index is 12.3. The van der Waals surface area contributed by atoms with E-state index in [0.29, 0.717) is 13.0 Å². The van der Waals surface area contributed by atoms with E-state index in [-0.39, 0.29) is 10.6 Å². The molecule has 3 nitrogen and oxygen atoms in total. The molecule has 0 bridgehead atoms. The average molecular weight is 295 g/mol. The fourth-order valence-electron chi connectivity index (χ4n) is 1.53. The summed E-state index contributed by atoms with van der Waals surface area (Å²) in [7, 11) is -3.51. The molecule has 7 heteroatoms. The van der Waals surface area contributed by atoms with Gasteiger partial charge in [-0.2, -0.15) is 13.2 Å². The first kappa shape index (κ1) is 16.0. The summed E-state index contributed by atoms with van der Waals surface area (Å²) in [6, 6.07) is 3.59. The molecule has 108 valence electrons. The maximum atomic E-state index is 12.3. The van der Waals surface area contributed by atoms with Crippen molar-refractivity contribution in [2.75, 3.05) is 18.8 Å². The van der Waals surface area contributed by atoms with Crippen LogP contribution in [0.25, 0.3) is 0 Å². The largest absolute Gasteiger partial charge is 0.416 e. The van der Waals surface area contributed by atoms with Crippen LogP contribution in [0, 0.1) is 0 Å². The van der Waals surface area contributed by atoms with Gasteiger partial charge in [0.25, 0.3) is 0 Å². The molecule has 1 rings (SSSR count). The third-order valence-corrected chi connectivity index (χ3v) is 4.37. The zero-order valence-electron chi connectivity index (χ0n) is 10.5. The third kappa shape index (κ3) is 4.83. The van der Waals surface area contributed by atoms with Gasteiger partial charge in [-0.3, -0.25) is 0 Å². The highest BCUT2D eigenvalue weighted by atomic mass is 32.2. The molecule has 0 aromatic heterocycles. The molecule has 0 atom stereocenters. The number of hydrogen-bond donors (Lipinski definition) is 1. The van der Waals surface area contributed by atoms with Gasteiger partial charge in [0.15, 0.2) is 9.84 Å². The molecule has 0 aliphatic heterocycles. The molecule has 0 aliphatic carbocycles. The van der Waals surface area contributed by atoms with Crippen molar-refractivity contribution in [2.24, 2.45) is 0 Å². The monoisotopic (exact) mass is 295 g/mol. The van der Waals surface area contributed by atoms with E-state index in [9.17, 15) is 21.6 Å². The first-order valence-electron chi connectivity index (χ1n) is 5.88. The van der Waals surface area contributed by atoms with Crippen molar-refractivity contribution < 1.29 is 21.6 Å². The van der Waals surface area contributed by atoms with Crippen molar-refractivity contribution in [3.63, 3.8) is 0 Å². The van der Waals surface area contributed by atoms with Gasteiger partial charge >= 0.3 is 6.18 Å². The lowest BCUT2D eigenvalue weighted by molar-refractivity contribution is -0.137. The number of nitrogens with one attached hydrogen (secondary N) is 1. The molecule has 0 fully saturated rings. The quantitative estimate of drug-likeness (QED) is 0.820. The van der Waals surface area contributed by atoms with E-state index >= 15 is 0 Å². The highest BCUT2D eigenvalue weighted by molar-refractivity contribution is 7.91. The number of hydrogen-bond acceptors (Lipinski definition) is 3. The van der Waals surface area contributed by atoms with Gasteiger partial charge < -0.3 is 5.32 Å². The number of sulfone groups is 1. The van der Waals surface area contributed by atoms with Gasteiger partial charge in [0.2, 0.25) is 0 Å². The summed E-state index contributed by atoms with van der Waals surface area (Å²) < 4.78 is 60.7. The van der Waals surface area contributed by atoms with Gasteiger partial charge in [0, 0.05) is 0 Å². The maximum Gasteiger partial charge on any atom is 0.416 e. The van der Waals surface area contributed by atoms with Gasteiger partial charge in [-0.05, 0) is 43.8 Å². The predicted molar refractivity (Wildman–Crippen MR) is 66.7 cm³/mol. The molecule has 1 aromatic rings. The Labute approximate surface area is 110 Å². The first-order chi connectivity index (χ1) is 8.77. The Kier molecular flexibility index (Phi) is 5.37. The van der Waals surface area contributed by atoms with Gasteiger partial charge in [-0.1, -0.05) is 6.92 Å². The van der Waals surface area contributed by atoms with Crippen molar-refractivity contribution >= 4 is 9.84 Å². The summed E-state index contributed by atoms with van der Waals surface area (Å²) in [6.45, 7) is 3.22. The topological polar surface area (TPSA) is 46.2 Å². The summed E-state index contributed by atoms with van der Waals surface area (Å²) in [5.41, 5.74) is -0.848. The van der Waals surface area contributed by atoms with Crippen LogP contribution in [-0.2, 0) is 16.0 Å². The summed E-state index contributed by atoms with van der Waals surface area (Å²) >= 11 is 0. The summed E-state index contributed by atoms with van der Waals surface area (Å²) in [5, 5.41) is 2.99. The van der Waals surface area contributed by atoms with E-state index in [1.165, 1.54) is 0 Å². The molecule has 1 N–H and O–H groups in total. The van der Waals surface area contributed by atoms with Gasteiger partial charge in [-0.15, -0.1) is 0 Å². The fraction of sp³-hybridized carbons (Fsp3) is 0.500. The van der Waals surface area contributed by atoms with Crippen LogP contribution in [-0.4, -0.2) is 27.3 Å². The fourth-order valence-corrected chi connectivity index (χ4v) is 2.84. The van der Waals surface area contributed by atoms with Crippen LogP contribution >= 0.6 is 0 Å². The lowest BCUT2D eigenvalue weighted by atomic mass is 10.2. The molecule has 0 radical (unpaired) electrons. The summed E-state index contributed by atoms with van der Waals surface area (Å²) in [6.07, 6.45) is -4.02. The van der Waals surface area contributed by atoms with E-state index in [2.05, 4.69) is 5.32 Å². The third-order valence-electron chi connectivity index (χ3n) is 2.56. The number of rotatable bonds is 6. The number of benzene rings is 1. The van der Waals surface area contributed by atoms with Crippen LogP contribution in [0.1, 0.15) is 18.9 Å². The van der Waals surface area contributed by atoms with Crippen LogP contribution in [0.5, 0.6) is 0 Å². The van der Waals surface area contributed by atoms with Crippen molar-refractivity contribution in [3.8, 4) is 0 Å². The first-order valence-corrected chi connectivity index (χ1v) is 7.53. The SMILES string of the molecule is CCNCCCS(=O)(=O)c1ccc(C(F)(F)F)cc1. The second-order valence-corrected chi connectivity index (χ2v) is 6.16. The molecule has 0 saturated carbocycles. The van der Waals surface area contributed by atoms with Gasteiger partial charge in [0.1, 0.15) is 0 Å². The molecule has 0 aliphatic rings. The van der Waals surface area contributed by atoms with Crippen molar-refractivity contribution in [1.29, 1.82) is 0 Å². The molecule has 0 amide bonds. The molecular formula is C12H16F3NO2S. The lowest BCUT2D eigenvalue weighted by Crippen LogP contribution is -2.18. The molecular weight excluding hydrogens is 279 g/mol. The zero-order chi connectivity index (χ0) is 14.5. The number of alkyl halides is 3. The van der Waals surface area contributed by atoms with Crippen LogP contribution in [0.15, 0.2) is 29.2 Å². The molecule has 0 heterocycles. The average Bonchev–Trinajstić information content (AvgIpc) is 2.34. The summed E-state index contributed by atoms with van der Waals surface area (Å²) in [5.74, 6) is -0.0780. The van der Waals surface area contributed by atoms with Crippen LogP contribution in [0.3, 0.4) is 0 Å². The molecule has 0 spiro atoms. The van der Waals surface area contributed by atoms with Gasteiger partial charge in [-0.25, -0.2) is 8.42 Å². The second-order valence-electron chi connectivity index (χ2n) is 4.05. The smallest absolute Gasteiger partial charge is 0.317 e. The van der Waals surface area contributed by atoms with E-state index in [4.69, 9.17) is 0 Å². The molecule has 0 saturated heterocycles. The second kappa shape index (κ2) is 6.38. The normalized spacial score (nSPS) is 12.6. The minimum Gasteiger partial charge on any atom is -0.317 e. The van der Waals surface area contributed by atoms with Crippen LogP contribution < -0.4 is 5.32 Å². The minimum absolute atomic E-state index is 0.0722. The standard InChI is InChI=1S/C12H16F3NO2S/c1-2-16-8-3-9-19(17,18)11-6-4-10(5-7-11)12(13,14)15/h4-7,16H,2-3,8-9H2,1H3. The van der Waals surface area contributed by atoms with E-state index in [1.807, 2.05) is 6.92 Å². The van der Waals surface area contributed by atoms with Gasteiger partial charge in [0.05, 0.1) is 16.2 Å². The highest BCUT2D eigenvalue weighted by Gasteiger charge is 2.30. The lowest BCUT2D eigenvalue weighted by Gasteiger charge is -2.08. The van der Waals surface area contributed by atoms with Crippen LogP contribution in [0.4, 0.5) is 13.2 Å². The molecule has 0 unspecified atom stereocenters. The van der Waals surface area contributed by atoms with E-state index in [1.54, 1.807) is 0 Å². The Hall–Kier alpha value is -1.08. The zero-order valence-corrected chi connectivity index (χ0v) is 11.3. The van der Waals surface area contributed by atoms with Crippen molar-refractivity contribution in [3.05, 3.63) is 29.8 Å². The minimum atomic E-state index is -4.45. The van der Waals surface area contributed by atoms with Crippen LogP contribution in [0.2, 0.25) is 0 Å². The molecule has 19 heavy (non-hydrogen) atoms. The number of halogens is 3. The highest BCUT2D eigenvalue weighted by Crippen LogP contribution is 2.29. The Bertz CT molecular complexity index is 495. The Balaban J connectivity index is 2.74. The summed E-state index contributed by atoms with van der Waals surface area (Å²) in [4.78, 5) is -0.0722. The van der Waals surface area contributed by atoms with E-state index in [0.717, 1.165) is 30.8 Å². The Morgan fingerprint density at radius 1 is 1.16 bits per heavy atom. The predicted octanol–water partition coefficient (Wildman–Crippen LogP) is 2.48. The van der Waals surface area contributed by atoms with Crippen molar-refractivity contribution in [2.45, 2.75) is 24.4 Å². The Morgan fingerprint density at radius 2 is 1.74 bits per heavy atom. The van der Waals surface area contributed by atoms with Crippen molar-refractivity contribution in [1.82, 2.24) is 5.32 Å².